The molecule has 1 fully saturated rings. The molecule has 0 amide bonds. The van der Waals surface area contributed by atoms with Gasteiger partial charge in [-0.15, -0.1) is 0 Å². The van der Waals surface area contributed by atoms with Crippen LogP contribution in [-0.2, 0) is 5.60 Å². The number of hydrogen-bond acceptors (Lipinski definition) is 2. The van der Waals surface area contributed by atoms with Gasteiger partial charge in [0.05, 0.1) is 0 Å². The van der Waals surface area contributed by atoms with Crippen LogP contribution in [0.2, 0.25) is 0 Å². The van der Waals surface area contributed by atoms with E-state index in [1.807, 2.05) is 32.9 Å². The minimum atomic E-state index is -0.953. The first kappa shape index (κ1) is 13.6. The van der Waals surface area contributed by atoms with Crippen molar-refractivity contribution in [3.8, 4) is 0 Å². The molecule has 2 rings (SSSR count). The molecule has 100 valence electrons. The monoisotopic (exact) mass is 247 g/mol. The second-order valence-electron chi connectivity index (χ2n) is 6.56. The van der Waals surface area contributed by atoms with Gasteiger partial charge in [-0.3, -0.25) is 0 Å². The van der Waals surface area contributed by atoms with Gasteiger partial charge in [-0.25, -0.2) is 0 Å². The molecule has 2 nitrogen and oxygen atoms in total. The van der Waals surface area contributed by atoms with Gasteiger partial charge >= 0.3 is 0 Å². The molecule has 1 unspecified atom stereocenters. The number of nitrogens with two attached hydrogens (primary N) is 1. The highest BCUT2D eigenvalue weighted by Crippen LogP contribution is 2.40. The zero-order chi connectivity index (χ0) is 13.4. The van der Waals surface area contributed by atoms with Crippen molar-refractivity contribution < 1.29 is 5.11 Å². The molecule has 18 heavy (non-hydrogen) atoms. The van der Waals surface area contributed by atoms with Crippen LogP contribution in [0.5, 0.6) is 0 Å². The van der Waals surface area contributed by atoms with E-state index in [9.17, 15) is 5.11 Å². The Kier molecular flexibility index (Phi) is 3.52. The first-order valence-electron chi connectivity index (χ1n) is 6.91. The SMILES string of the molecule is CC(C)(C)C(O)(CN)c1ccc(C2CCC2)cc1. The van der Waals surface area contributed by atoms with E-state index in [0.717, 1.165) is 11.5 Å². The van der Waals surface area contributed by atoms with E-state index in [1.165, 1.54) is 24.8 Å². The maximum atomic E-state index is 10.8. The highest BCUT2D eigenvalue weighted by atomic mass is 16.3. The molecular formula is C16H25NO. The molecule has 1 aromatic rings. The van der Waals surface area contributed by atoms with Crippen LogP contribution in [0.3, 0.4) is 0 Å². The van der Waals surface area contributed by atoms with Gasteiger partial charge in [-0.2, -0.15) is 0 Å². The van der Waals surface area contributed by atoms with Gasteiger partial charge in [0.25, 0.3) is 0 Å². The third-order valence-electron chi connectivity index (χ3n) is 4.50. The molecule has 3 N–H and O–H groups in total. The normalized spacial score (nSPS) is 20.3. The van der Waals surface area contributed by atoms with E-state index in [4.69, 9.17) is 5.73 Å². The Morgan fingerprint density at radius 2 is 1.72 bits per heavy atom. The minimum absolute atomic E-state index is 0.249. The lowest BCUT2D eigenvalue weighted by Crippen LogP contribution is -2.46. The van der Waals surface area contributed by atoms with E-state index < -0.39 is 5.60 Å². The summed E-state index contributed by atoms with van der Waals surface area (Å²) in [6.07, 6.45) is 3.96. The smallest absolute Gasteiger partial charge is 0.107 e. The van der Waals surface area contributed by atoms with Gasteiger partial charge < -0.3 is 10.8 Å². The van der Waals surface area contributed by atoms with Gasteiger partial charge in [0.2, 0.25) is 0 Å². The van der Waals surface area contributed by atoms with Crippen LogP contribution in [0.25, 0.3) is 0 Å². The standard InChI is InChI=1S/C16H25NO/c1-15(2,3)16(18,11-17)14-9-7-13(8-10-14)12-5-4-6-12/h7-10,12,18H,4-6,11,17H2,1-3H3. The summed E-state index contributed by atoms with van der Waals surface area (Å²) in [4.78, 5) is 0. The highest BCUT2D eigenvalue weighted by molar-refractivity contribution is 5.31. The average molecular weight is 247 g/mol. The Hall–Kier alpha value is -0.860. The predicted molar refractivity (Wildman–Crippen MR) is 75.4 cm³/mol. The average Bonchev–Trinajstić information content (AvgIpc) is 2.25. The molecule has 1 saturated carbocycles. The second-order valence-corrected chi connectivity index (χ2v) is 6.56. The van der Waals surface area contributed by atoms with Crippen molar-refractivity contribution in [2.45, 2.75) is 51.6 Å². The minimum Gasteiger partial charge on any atom is -0.383 e. The van der Waals surface area contributed by atoms with Gasteiger partial charge in [0.15, 0.2) is 0 Å². The fourth-order valence-electron chi connectivity index (χ4n) is 2.63. The van der Waals surface area contributed by atoms with Crippen molar-refractivity contribution >= 4 is 0 Å². The molecule has 0 heterocycles. The molecule has 1 atom stereocenters. The van der Waals surface area contributed by atoms with Crippen LogP contribution in [0, 0.1) is 5.41 Å². The Balaban J connectivity index is 2.27. The summed E-state index contributed by atoms with van der Waals surface area (Å²) in [5.41, 5.74) is 6.93. The van der Waals surface area contributed by atoms with Gasteiger partial charge in [0, 0.05) is 6.54 Å². The first-order valence-corrected chi connectivity index (χ1v) is 6.91. The fraction of sp³-hybridized carbons (Fsp3) is 0.625. The summed E-state index contributed by atoms with van der Waals surface area (Å²) in [5.74, 6) is 0.736. The highest BCUT2D eigenvalue weighted by Gasteiger charge is 2.40. The van der Waals surface area contributed by atoms with Crippen molar-refractivity contribution in [3.63, 3.8) is 0 Å². The Labute approximate surface area is 110 Å². The van der Waals surface area contributed by atoms with Gasteiger partial charge in [-0.1, -0.05) is 51.5 Å². The Bertz CT molecular complexity index is 400. The maximum absolute atomic E-state index is 10.8. The predicted octanol–water partition coefficient (Wildman–Crippen LogP) is 3.15. The third kappa shape index (κ3) is 2.19. The fourth-order valence-corrected chi connectivity index (χ4v) is 2.63. The molecule has 1 aromatic carbocycles. The molecule has 1 aliphatic rings. The van der Waals surface area contributed by atoms with Crippen molar-refractivity contribution in [1.82, 2.24) is 0 Å². The van der Waals surface area contributed by atoms with Crippen molar-refractivity contribution in [2.24, 2.45) is 11.1 Å². The lowest BCUT2D eigenvalue weighted by atomic mass is 9.71. The molecular weight excluding hydrogens is 222 g/mol. The van der Waals surface area contributed by atoms with Crippen LogP contribution < -0.4 is 5.73 Å². The number of hydrogen-bond donors (Lipinski definition) is 2. The van der Waals surface area contributed by atoms with E-state index >= 15 is 0 Å². The number of rotatable bonds is 3. The summed E-state index contributed by atoms with van der Waals surface area (Å²) >= 11 is 0. The molecule has 1 aliphatic carbocycles. The van der Waals surface area contributed by atoms with Gasteiger partial charge in [0.1, 0.15) is 5.60 Å². The van der Waals surface area contributed by atoms with Crippen LogP contribution in [0.15, 0.2) is 24.3 Å². The van der Waals surface area contributed by atoms with E-state index in [1.54, 1.807) is 0 Å². The summed E-state index contributed by atoms with van der Waals surface area (Å²) < 4.78 is 0. The largest absolute Gasteiger partial charge is 0.383 e. The lowest BCUT2D eigenvalue weighted by Gasteiger charge is -2.40. The topological polar surface area (TPSA) is 46.2 Å². The van der Waals surface area contributed by atoms with Crippen LogP contribution in [0.1, 0.15) is 57.1 Å². The van der Waals surface area contributed by atoms with Crippen molar-refractivity contribution in [3.05, 3.63) is 35.4 Å². The lowest BCUT2D eigenvalue weighted by molar-refractivity contribution is -0.0557. The molecule has 0 aromatic heterocycles. The molecule has 2 heteroatoms. The van der Waals surface area contributed by atoms with Crippen LogP contribution >= 0.6 is 0 Å². The molecule has 0 bridgehead atoms. The van der Waals surface area contributed by atoms with E-state index in [0.29, 0.717) is 0 Å². The summed E-state index contributed by atoms with van der Waals surface area (Å²) in [6, 6.07) is 8.41. The van der Waals surface area contributed by atoms with Gasteiger partial charge in [-0.05, 0) is 35.3 Å². The van der Waals surface area contributed by atoms with Crippen LogP contribution in [-0.4, -0.2) is 11.7 Å². The third-order valence-corrected chi connectivity index (χ3v) is 4.50. The zero-order valence-electron chi connectivity index (χ0n) is 11.7. The first-order chi connectivity index (χ1) is 8.38. The number of benzene rings is 1. The second kappa shape index (κ2) is 4.67. The van der Waals surface area contributed by atoms with Crippen molar-refractivity contribution in [2.75, 3.05) is 6.54 Å². The van der Waals surface area contributed by atoms with E-state index in [2.05, 4.69) is 12.1 Å². The number of aliphatic hydroxyl groups is 1. The maximum Gasteiger partial charge on any atom is 0.107 e. The van der Waals surface area contributed by atoms with Crippen LogP contribution in [0.4, 0.5) is 0 Å². The Morgan fingerprint density at radius 3 is 2.06 bits per heavy atom. The summed E-state index contributed by atoms with van der Waals surface area (Å²) in [5, 5.41) is 10.8. The van der Waals surface area contributed by atoms with Crippen molar-refractivity contribution in [1.29, 1.82) is 0 Å². The quantitative estimate of drug-likeness (QED) is 0.862. The molecule has 0 aliphatic heterocycles. The summed E-state index contributed by atoms with van der Waals surface area (Å²) in [7, 11) is 0. The summed E-state index contributed by atoms with van der Waals surface area (Å²) in [6.45, 7) is 6.33. The van der Waals surface area contributed by atoms with E-state index in [-0.39, 0.29) is 12.0 Å². The molecule has 0 spiro atoms. The molecule has 0 saturated heterocycles. The molecule has 0 radical (unpaired) electrons. The zero-order valence-corrected chi connectivity index (χ0v) is 11.7. The Morgan fingerprint density at radius 1 is 1.17 bits per heavy atom.